The minimum Gasteiger partial charge on any atom is -0.362 e. The average Bonchev–Trinajstić information content (AvgIpc) is 3.12. The Morgan fingerprint density at radius 2 is 2.12 bits per heavy atom. The van der Waals surface area contributed by atoms with Gasteiger partial charge in [-0.15, -0.1) is 11.3 Å². The Morgan fingerprint density at radius 1 is 1.42 bits per heavy atom. The molecule has 0 saturated heterocycles. The van der Waals surface area contributed by atoms with E-state index in [0.717, 1.165) is 9.56 Å². The molecule has 0 radical (unpaired) electrons. The van der Waals surface area contributed by atoms with Crippen molar-refractivity contribution in [3.05, 3.63) is 32.6 Å². The van der Waals surface area contributed by atoms with Gasteiger partial charge in [0.05, 0.1) is 10.5 Å². The number of rotatable bonds is 2. The van der Waals surface area contributed by atoms with E-state index in [1.165, 1.54) is 11.3 Å². The molecule has 26 heavy (non-hydrogen) atoms. The van der Waals surface area contributed by atoms with E-state index in [0.29, 0.717) is 0 Å². The Morgan fingerprint density at radius 3 is 2.65 bits per heavy atom. The van der Waals surface area contributed by atoms with E-state index in [1.54, 1.807) is 32.9 Å². The van der Waals surface area contributed by atoms with Crippen molar-refractivity contribution in [3.63, 3.8) is 0 Å². The number of carbonyl (C=O) groups is 1. The summed E-state index contributed by atoms with van der Waals surface area (Å²) in [6.07, 6.45) is -4.67. The molecule has 2 aromatic heterocycles. The Kier molecular flexibility index (Phi) is 4.85. The van der Waals surface area contributed by atoms with Crippen LogP contribution in [0.1, 0.15) is 54.6 Å². The minimum absolute atomic E-state index is 0.0662. The van der Waals surface area contributed by atoms with Crippen LogP contribution < -0.4 is 10.6 Å². The first-order valence-electron chi connectivity index (χ1n) is 7.94. The quantitative estimate of drug-likeness (QED) is 0.684. The molecular weight excluding hydrogens is 433 g/mol. The molecule has 1 aliphatic rings. The highest BCUT2D eigenvalue weighted by Crippen LogP contribution is 2.46. The second-order valence-corrected chi connectivity index (χ2v) is 8.94. The fourth-order valence-electron chi connectivity index (χ4n) is 2.81. The predicted octanol–water partition coefficient (Wildman–Crippen LogP) is 4.90. The third-order valence-corrected chi connectivity index (χ3v) is 5.62. The van der Waals surface area contributed by atoms with Gasteiger partial charge < -0.3 is 10.6 Å². The van der Waals surface area contributed by atoms with Crippen molar-refractivity contribution in [3.8, 4) is 0 Å². The van der Waals surface area contributed by atoms with Crippen molar-refractivity contribution >= 4 is 39.0 Å². The highest BCUT2D eigenvalue weighted by molar-refractivity contribution is 9.10. The summed E-state index contributed by atoms with van der Waals surface area (Å²) in [6, 6.07) is 1.29. The number of fused-ring (bicyclic) bond motifs is 1. The number of nitrogens with zero attached hydrogens (tertiary/aromatic N) is 2. The molecule has 3 rings (SSSR count). The Balaban J connectivity index is 2.03. The van der Waals surface area contributed by atoms with Crippen LogP contribution in [0.2, 0.25) is 0 Å². The van der Waals surface area contributed by atoms with E-state index in [-0.39, 0.29) is 22.4 Å². The van der Waals surface area contributed by atoms with Crippen LogP contribution in [0.15, 0.2) is 22.0 Å². The van der Waals surface area contributed by atoms with Gasteiger partial charge in [0, 0.05) is 16.8 Å². The van der Waals surface area contributed by atoms with Gasteiger partial charge >= 0.3 is 6.18 Å². The number of amides is 1. The Labute approximate surface area is 161 Å². The largest absolute Gasteiger partial charge is 0.410 e. The molecule has 0 spiro atoms. The van der Waals surface area contributed by atoms with Crippen molar-refractivity contribution in [2.24, 2.45) is 0 Å². The highest BCUT2D eigenvalue weighted by Gasteiger charge is 2.48. The van der Waals surface area contributed by atoms with Crippen LogP contribution in [0.4, 0.5) is 19.0 Å². The summed E-state index contributed by atoms with van der Waals surface area (Å²) >= 11 is 4.65. The zero-order chi connectivity index (χ0) is 19.3. The molecule has 10 heteroatoms. The molecule has 2 aromatic rings. The maximum Gasteiger partial charge on any atom is 0.410 e. The summed E-state index contributed by atoms with van der Waals surface area (Å²) < 4.78 is 42.0. The Hall–Kier alpha value is -1.55. The van der Waals surface area contributed by atoms with Gasteiger partial charge in [-0.05, 0) is 48.1 Å². The van der Waals surface area contributed by atoms with Crippen molar-refractivity contribution in [2.45, 2.75) is 51.0 Å². The van der Waals surface area contributed by atoms with Crippen LogP contribution >= 0.6 is 27.3 Å². The minimum atomic E-state index is -4.48. The summed E-state index contributed by atoms with van der Waals surface area (Å²) in [5.41, 5.74) is -0.597. The number of thiophene rings is 1. The number of carbonyl (C=O) groups excluding carboxylic acids is 1. The SMILES string of the molecule is CC(C)(C)NC(=O)c1nn2c(c1Br)N[C@H](c1cccs1)C[C@H]2C(F)(F)F. The summed E-state index contributed by atoms with van der Waals surface area (Å²) in [7, 11) is 0. The topological polar surface area (TPSA) is 59.0 Å². The number of halogens is 4. The fourth-order valence-corrected chi connectivity index (χ4v) is 4.16. The lowest BCUT2D eigenvalue weighted by molar-refractivity contribution is -0.173. The predicted molar refractivity (Wildman–Crippen MR) is 97.5 cm³/mol. The van der Waals surface area contributed by atoms with Gasteiger partial charge in [-0.3, -0.25) is 4.79 Å². The van der Waals surface area contributed by atoms with E-state index in [1.807, 2.05) is 5.38 Å². The molecule has 0 unspecified atom stereocenters. The number of alkyl halides is 3. The third kappa shape index (κ3) is 3.75. The second-order valence-electron chi connectivity index (χ2n) is 7.17. The third-order valence-electron chi connectivity index (χ3n) is 3.89. The number of nitrogens with one attached hydrogen (secondary N) is 2. The standard InChI is InChI=1S/C16H18BrF3N4OS/c1-15(2,3)22-14(25)12-11(17)13-21-8(9-5-4-6-26-9)7-10(16(18,19)20)24(13)23-12/h4-6,8,10,21H,7H2,1-3H3,(H,22,25)/t8-,10-/m0/s1. The lowest BCUT2D eigenvalue weighted by Crippen LogP contribution is -2.41. The zero-order valence-corrected chi connectivity index (χ0v) is 16.7. The summed E-state index contributed by atoms with van der Waals surface area (Å²) in [5, 5.41) is 11.6. The lowest BCUT2D eigenvalue weighted by Gasteiger charge is -2.33. The summed E-state index contributed by atoms with van der Waals surface area (Å²) in [5.74, 6) is -0.363. The zero-order valence-electron chi connectivity index (χ0n) is 14.3. The van der Waals surface area contributed by atoms with Gasteiger partial charge in [-0.1, -0.05) is 6.07 Å². The number of hydrogen-bond donors (Lipinski definition) is 2. The molecule has 142 valence electrons. The van der Waals surface area contributed by atoms with Crippen LogP contribution in [0.3, 0.4) is 0 Å². The van der Waals surface area contributed by atoms with E-state index < -0.39 is 29.7 Å². The van der Waals surface area contributed by atoms with Crippen LogP contribution in [0, 0.1) is 0 Å². The van der Waals surface area contributed by atoms with Crippen LogP contribution in [0.25, 0.3) is 0 Å². The summed E-state index contributed by atoms with van der Waals surface area (Å²) in [6.45, 7) is 5.37. The molecule has 2 N–H and O–H groups in total. The van der Waals surface area contributed by atoms with Crippen molar-refractivity contribution in [2.75, 3.05) is 5.32 Å². The van der Waals surface area contributed by atoms with Crippen LogP contribution in [0.5, 0.6) is 0 Å². The first-order valence-corrected chi connectivity index (χ1v) is 9.62. The average molecular weight is 451 g/mol. The second kappa shape index (κ2) is 6.56. The summed E-state index contributed by atoms with van der Waals surface area (Å²) in [4.78, 5) is 13.2. The van der Waals surface area contributed by atoms with Crippen molar-refractivity contribution in [1.29, 1.82) is 0 Å². The van der Waals surface area contributed by atoms with Crippen molar-refractivity contribution < 1.29 is 18.0 Å². The number of aromatic nitrogens is 2. The van der Waals surface area contributed by atoms with Gasteiger partial charge in [0.2, 0.25) is 0 Å². The monoisotopic (exact) mass is 450 g/mol. The normalized spacial score (nSPS) is 20.4. The van der Waals surface area contributed by atoms with Gasteiger partial charge in [0.25, 0.3) is 5.91 Å². The van der Waals surface area contributed by atoms with Gasteiger partial charge in [0.1, 0.15) is 5.82 Å². The van der Waals surface area contributed by atoms with Crippen LogP contribution in [-0.4, -0.2) is 27.4 Å². The molecule has 0 fully saturated rings. The molecule has 2 atom stereocenters. The number of hydrogen-bond acceptors (Lipinski definition) is 4. The van der Waals surface area contributed by atoms with E-state index in [4.69, 9.17) is 0 Å². The molecule has 3 heterocycles. The molecule has 5 nitrogen and oxygen atoms in total. The van der Waals surface area contributed by atoms with E-state index >= 15 is 0 Å². The first kappa shape index (κ1) is 19.2. The molecule has 0 aliphatic carbocycles. The smallest absolute Gasteiger partial charge is 0.362 e. The van der Waals surface area contributed by atoms with E-state index in [2.05, 4.69) is 31.7 Å². The molecule has 0 bridgehead atoms. The van der Waals surface area contributed by atoms with Crippen LogP contribution in [-0.2, 0) is 0 Å². The van der Waals surface area contributed by atoms with E-state index in [9.17, 15) is 18.0 Å². The molecular formula is C16H18BrF3N4OS. The molecule has 1 aliphatic heterocycles. The lowest BCUT2D eigenvalue weighted by atomic mass is 10.0. The fraction of sp³-hybridized carbons (Fsp3) is 0.500. The molecule has 1 amide bonds. The van der Waals surface area contributed by atoms with Crippen molar-refractivity contribution in [1.82, 2.24) is 15.1 Å². The van der Waals surface area contributed by atoms with Gasteiger partial charge in [-0.2, -0.15) is 18.3 Å². The first-order chi connectivity index (χ1) is 12.0. The maximum atomic E-state index is 13.6. The Bertz CT molecular complexity index is 811. The molecule has 0 aromatic carbocycles. The van der Waals surface area contributed by atoms with Gasteiger partial charge in [-0.25, -0.2) is 4.68 Å². The molecule has 0 saturated carbocycles. The number of anilines is 1. The maximum absolute atomic E-state index is 13.6. The highest BCUT2D eigenvalue weighted by atomic mass is 79.9. The van der Waals surface area contributed by atoms with Gasteiger partial charge in [0.15, 0.2) is 11.7 Å².